The van der Waals surface area contributed by atoms with Gasteiger partial charge in [0.2, 0.25) is 0 Å². The Kier molecular flexibility index (Phi) is 3.76. The summed E-state index contributed by atoms with van der Waals surface area (Å²) in [4.78, 5) is 17.2. The van der Waals surface area contributed by atoms with Crippen molar-refractivity contribution in [2.45, 2.75) is 26.3 Å². The van der Waals surface area contributed by atoms with Gasteiger partial charge in [-0.2, -0.15) is 0 Å². The van der Waals surface area contributed by atoms with E-state index in [-0.39, 0.29) is 5.91 Å². The smallest absolute Gasteiger partial charge is 0.269 e. The fraction of sp³-hybridized carbons (Fsp3) is 0.222. The second kappa shape index (κ2) is 5.59. The number of hydrogen-bond acceptors (Lipinski definition) is 5. The number of nitrogens with zero attached hydrogens (tertiary/aromatic N) is 1. The average Bonchev–Trinajstić information content (AvgIpc) is 3.18. The highest BCUT2D eigenvalue weighted by Gasteiger charge is 2.43. The van der Waals surface area contributed by atoms with Crippen molar-refractivity contribution >= 4 is 55.8 Å². The Morgan fingerprint density at radius 1 is 1.17 bits per heavy atom. The first-order chi connectivity index (χ1) is 11.4. The van der Waals surface area contributed by atoms with Crippen LogP contribution in [0.15, 0.2) is 35.7 Å². The van der Waals surface area contributed by atoms with Gasteiger partial charge in [0.25, 0.3) is 5.91 Å². The molecular formula is C18H15NOS4. The number of benzene rings is 1. The summed E-state index contributed by atoms with van der Waals surface area (Å²) in [5.41, 5.74) is 3.88. The Hall–Kier alpha value is -1.34. The van der Waals surface area contributed by atoms with Gasteiger partial charge in [-0.1, -0.05) is 57.2 Å². The number of hydrogen-bond donors (Lipinski definition) is 0. The van der Waals surface area contributed by atoms with Gasteiger partial charge in [-0.25, -0.2) is 0 Å². The molecule has 0 aliphatic carbocycles. The minimum atomic E-state index is -0.423. The first-order valence-electron chi connectivity index (χ1n) is 7.54. The van der Waals surface area contributed by atoms with E-state index in [4.69, 9.17) is 12.2 Å². The molecular weight excluding hydrogens is 374 g/mol. The van der Waals surface area contributed by atoms with E-state index in [9.17, 15) is 4.79 Å². The van der Waals surface area contributed by atoms with Gasteiger partial charge in [-0.3, -0.25) is 9.69 Å². The highest BCUT2D eigenvalue weighted by atomic mass is 32.9. The molecule has 1 amide bonds. The van der Waals surface area contributed by atoms with E-state index in [2.05, 4.69) is 32.9 Å². The van der Waals surface area contributed by atoms with E-state index in [1.165, 1.54) is 16.2 Å². The number of fused-ring (bicyclic) bond motifs is 3. The van der Waals surface area contributed by atoms with Crippen molar-refractivity contribution in [3.05, 3.63) is 54.9 Å². The van der Waals surface area contributed by atoms with Gasteiger partial charge >= 0.3 is 0 Å². The predicted octanol–water partition coefficient (Wildman–Crippen LogP) is 6.47. The quantitative estimate of drug-likeness (QED) is 0.351. The number of anilines is 1. The molecule has 2 nitrogen and oxygen atoms in total. The summed E-state index contributed by atoms with van der Waals surface area (Å²) in [6.45, 7) is 6.29. The third-order valence-corrected chi connectivity index (χ3v) is 8.60. The molecule has 0 atom stereocenters. The van der Waals surface area contributed by atoms with Gasteiger partial charge < -0.3 is 0 Å². The van der Waals surface area contributed by atoms with Crippen LogP contribution < -0.4 is 4.90 Å². The zero-order chi connectivity index (χ0) is 17.1. The lowest BCUT2D eigenvalue weighted by atomic mass is 9.86. The second-order valence-electron chi connectivity index (χ2n) is 6.31. The van der Waals surface area contributed by atoms with E-state index in [1.807, 2.05) is 28.5 Å². The number of carbonyl (C=O) groups excluding carboxylic acids is 1. The minimum Gasteiger partial charge on any atom is -0.296 e. The highest BCUT2D eigenvalue weighted by Crippen LogP contribution is 2.53. The fourth-order valence-electron chi connectivity index (χ4n) is 3.30. The van der Waals surface area contributed by atoms with Crippen LogP contribution >= 0.6 is 44.2 Å². The summed E-state index contributed by atoms with van der Waals surface area (Å²) < 4.78 is 0.915. The maximum atomic E-state index is 13.3. The van der Waals surface area contributed by atoms with Crippen molar-refractivity contribution in [2.24, 2.45) is 0 Å². The van der Waals surface area contributed by atoms with Crippen LogP contribution in [-0.2, 0) is 5.54 Å². The summed E-state index contributed by atoms with van der Waals surface area (Å²) in [6, 6.07) is 10.0. The summed E-state index contributed by atoms with van der Waals surface area (Å²) >= 11 is 7.09. The molecule has 24 heavy (non-hydrogen) atoms. The molecule has 0 saturated heterocycles. The van der Waals surface area contributed by atoms with Gasteiger partial charge in [0.1, 0.15) is 3.82 Å². The molecule has 0 fully saturated rings. The Balaban J connectivity index is 2.05. The summed E-state index contributed by atoms with van der Waals surface area (Å²) in [5.74, 6) is 0.0560. The van der Waals surface area contributed by atoms with E-state index in [0.717, 1.165) is 31.1 Å². The van der Waals surface area contributed by atoms with E-state index >= 15 is 0 Å². The monoisotopic (exact) mass is 389 g/mol. The topological polar surface area (TPSA) is 20.3 Å². The van der Waals surface area contributed by atoms with Crippen molar-refractivity contribution in [3.63, 3.8) is 0 Å². The van der Waals surface area contributed by atoms with Gasteiger partial charge in [-0.05, 0) is 37.8 Å². The maximum Gasteiger partial charge on any atom is 0.269 e. The van der Waals surface area contributed by atoms with Crippen molar-refractivity contribution in [2.75, 3.05) is 4.90 Å². The zero-order valence-corrected chi connectivity index (χ0v) is 16.7. The van der Waals surface area contributed by atoms with E-state index < -0.39 is 5.54 Å². The molecule has 2 aromatic heterocycles. The third kappa shape index (κ3) is 2.17. The Bertz CT molecular complexity index is 994. The Morgan fingerprint density at radius 2 is 1.96 bits per heavy atom. The molecule has 0 bridgehead atoms. The van der Waals surface area contributed by atoms with Crippen molar-refractivity contribution in [1.29, 1.82) is 0 Å². The Morgan fingerprint density at radius 3 is 2.67 bits per heavy atom. The molecule has 0 saturated carbocycles. The van der Waals surface area contributed by atoms with Crippen molar-refractivity contribution in [1.82, 2.24) is 0 Å². The molecule has 0 N–H and O–H groups in total. The number of rotatable bonds is 1. The van der Waals surface area contributed by atoms with Gasteiger partial charge in [-0.15, -0.1) is 11.3 Å². The normalized spacial score (nSPS) is 15.0. The number of thiophene rings is 1. The lowest BCUT2D eigenvalue weighted by molar-refractivity contribution is 0.0965. The van der Waals surface area contributed by atoms with E-state index in [0.29, 0.717) is 0 Å². The van der Waals surface area contributed by atoms with Crippen LogP contribution in [0.1, 0.15) is 34.0 Å². The Labute approximate surface area is 157 Å². The molecule has 122 valence electrons. The van der Waals surface area contributed by atoms with Crippen LogP contribution in [0.2, 0.25) is 0 Å². The minimum absolute atomic E-state index is 0.0560. The number of carbonyl (C=O) groups is 1. The SMILES string of the molecule is Cc1cccc2c1N(C(=O)c1cccs1)C(C)(C)c1ssc(=S)c1-2. The second-order valence-corrected chi connectivity index (χ2v) is 10.1. The molecule has 3 heterocycles. The van der Waals surface area contributed by atoms with Crippen LogP contribution in [0.5, 0.6) is 0 Å². The molecule has 1 aliphatic rings. The predicted molar refractivity (Wildman–Crippen MR) is 107 cm³/mol. The number of para-hydroxylation sites is 1. The molecule has 0 unspecified atom stereocenters. The molecule has 4 rings (SSSR count). The third-order valence-electron chi connectivity index (χ3n) is 4.41. The fourth-order valence-corrected chi connectivity index (χ4v) is 7.23. The molecule has 1 aliphatic heterocycles. The standard InChI is InChI=1S/C18H15NOS4/c1-10-6-4-7-11-13-15(23-24-17(13)21)18(2,3)19(14(10)11)16(20)12-8-5-9-22-12/h4-9H,1-3H3. The largest absolute Gasteiger partial charge is 0.296 e. The lowest BCUT2D eigenvalue weighted by Gasteiger charge is -2.43. The number of amides is 1. The van der Waals surface area contributed by atoms with Crippen LogP contribution in [-0.4, -0.2) is 5.91 Å². The van der Waals surface area contributed by atoms with Crippen molar-refractivity contribution in [3.8, 4) is 11.1 Å². The zero-order valence-electron chi connectivity index (χ0n) is 13.5. The summed E-state index contributed by atoms with van der Waals surface area (Å²) in [5, 5.41) is 1.95. The summed E-state index contributed by atoms with van der Waals surface area (Å²) in [6.07, 6.45) is 0. The lowest BCUT2D eigenvalue weighted by Crippen LogP contribution is -2.48. The van der Waals surface area contributed by atoms with Crippen LogP contribution in [0.4, 0.5) is 5.69 Å². The van der Waals surface area contributed by atoms with Crippen molar-refractivity contribution < 1.29 is 4.79 Å². The van der Waals surface area contributed by atoms with Crippen LogP contribution in [0, 0.1) is 10.7 Å². The summed E-state index contributed by atoms with van der Waals surface area (Å²) in [7, 11) is 3.32. The molecule has 1 aromatic carbocycles. The average molecular weight is 390 g/mol. The van der Waals surface area contributed by atoms with Crippen LogP contribution in [0.3, 0.4) is 0 Å². The molecule has 6 heteroatoms. The van der Waals surface area contributed by atoms with Gasteiger partial charge in [0, 0.05) is 11.1 Å². The van der Waals surface area contributed by atoms with Crippen LogP contribution in [0.25, 0.3) is 11.1 Å². The number of aryl methyl sites for hydroxylation is 1. The maximum absolute atomic E-state index is 13.3. The van der Waals surface area contributed by atoms with E-state index in [1.54, 1.807) is 20.7 Å². The molecule has 0 spiro atoms. The highest BCUT2D eigenvalue weighted by molar-refractivity contribution is 7.80. The first-order valence-corrected chi connectivity index (χ1v) is 11.0. The van der Waals surface area contributed by atoms with Gasteiger partial charge in [0.05, 0.1) is 21.0 Å². The first kappa shape index (κ1) is 16.1. The molecule has 3 aromatic rings. The van der Waals surface area contributed by atoms with Gasteiger partial charge in [0.15, 0.2) is 0 Å². The molecule has 0 radical (unpaired) electrons.